The van der Waals surface area contributed by atoms with Gasteiger partial charge in [0.25, 0.3) is 5.91 Å². The zero-order valence-corrected chi connectivity index (χ0v) is 11.4. The molecule has 0 bridgehead atoms. The van der Waals surface area contributed by atoms with Gasteiger partial charge in [-0.1, -0.05) is 11.6 Å². The lowest BCUT2D eigenvalue weighted by molar-refractivity contribution is -0.141. The van der Waals surface area contributed by atoms with Gasteiger partial charge in [0.2, 0.25) is 0 Å². The minimum atomic E-state index is -4.55. The van der Waals surface area contributed by atoms with E-state index in [0.717, 1.165) is 17.0 Å². The molecule has 0 radical (unpaired) electrons. The number of carboxylic acids is 1. The normalized spacial score (nSPS) is 18.9. The van der Waals surface area contributed by atoms with E-state index >= 15 is 0 Å². The third-order valence-electron chi connectivity index (χ3n) is 3.33. The van der Waals surface area contributed by atoms with E-state index in [1.165, 1.54) is 0 Å². The van der Waals surface area contributed by atoms with Gasteiger partial charge in [-0.15, -0.1) is 0 Å². The van der Waals surface area contributed by atoms with E-state index in [4.69, 9.17) is 16.7 Å². The molecular formula is C13H11ClF3NO3. The highest BCUT2D eigenvalue weighted by Crippen LogP contribution is 2.33. The molecule has 1 unspecified atom stereocenters. The number of halogens is 4. The first-order chi connectivity index (χ1) is 9.71. The van der Waals surface area contributed by atoms with Crippen molar-refractivity contribution in [3.8, 4) is 0 Å². The summed E-state index contributed by atoms with van der Waals surface area (Å²) in [5.74, 6) is -1.80. The zero-order chi connectivity index (χ0) is 15.8. The Hall–Kier alpha value is -1.76. The summed E-state index contributed by atoms with van der Waals surface area (Å²) in [4.78, 5) is 24.4. The van der Waals surface area contributed by atoms with Crippen molar-refractivity contribution in [2.75, 3.05) is 6.54 Å². The van der Waals surface area contributed by atoms with Gasteiger partial charge in [-0.3, -0.25) is 4.79 Å². The summed E-state index contributed by atoms with van der Waals surface area (Å²) in [5, 5.41) is 8.68. The number of carbonyl (C=O) groups is 2. The van der Waals surface area contributed by atoms with E-state index in [1.807, 2.05) is 0 Å². The summed E-state index contributed by atoms with van der Waals surface area (Å²) >= 11 is 5.74. The highest BCUT2D eigenvalue weighted by Gasteiger charge is 2.36. The van der Waals surface area contributed by atoms with Crippen molar-refractivity contribution in [3.63, 3.8) is 0 Å². The van der Waals surface area contributed by atoms with Gasteiger partial charge in [0.1, 0.15) is 6.04 Å². The number of rotatable bonds is 2. The maximum atomic E-state index is 12.5. The second kappa shape index (κ2) is 5.55. The molecule has 1 saturated heterocycles. The topological polar surface area (TPSA) is 57.6 Å². The Bertz CT molecular complexity index is 589. The van der Waals surface area contributed by atoms with Crippen molar-refractivity contribution in [1.82, 2.24) is 4.90 Å². The van der Waals surface area contributed by atoms with Gasteiger partial charge in [-0.05, 0) is 31.0 Å². The van der Waals surface area contributed by atoms with Crippen LogP contribution in [0.25, 0.3) is 0 Å². The van der Waals surface area contributed by atoms with Crippen LogP contribution in [-0.4, -0.2) is 34.5 Å². The summed E-state index contributed by atoms with van der Waals surface area (Å²) in [7, 11) is 0. The average molecular weight is 322 g/mol. The fraction of sp³-hybridized carbons (Fsp3) is 0.385. The van der Waals surface area contributed by atoms with Gasteiger partial charge >= 0.3 is 12.1 Å². The van der Waals surface area contributed by atoms with Crippen molar-refractivity contribution >= 4 is 23.5 Å². The summed E-state index contributed by atoms with van der Waals surface area (Å²) < 4.78 is 37.6. The number of aliphatic carboxylic acids is 1. The smallest absolute Gasteiger partial charge is 0.416 e. The summed E-state index contributed by atoms with van der Waals surface area (Å²) in [6.07, 6.45) is -3.71. The monoisotopic (exact) mass is 321 g/mol. The van der Waals surface area contributed by atoms with Crippen molar-refractivity contribution < 1.29 is 27.9 Å². The number of hydrogen-bond acceptors (Lipinski definition) is 2. The lowest BCUT2D eigenvalue weighted by Crippen LogP contribution is -2.40. The van der Waals surface area contributed by atoms with E-state index in [1.54, 1.807) is 0 Å². The van der Waals surface area contributed by atoms with E-state index in [2.05, 4.69) is 0 Å². The first-order valence-corrected chi connectivity index (χ1v) is 6.50. The maximum Gasteiger partial charge on any atom is 0.416 e. The van der Waals surface area contributed by atoms with Gasteiger partial charge in [0.05, 0.1) is 16.1 Å². The fourth-order valence-electron chi connectivity index (χ4n) is 2.29. The van der Waals surface area contributed by atoms with Gasteiger partial charge in [-0.25, -0.2) is 4.79 Å². The predicted molar refractivity (Wildman–Crippen MR) is 68.1 cm³/mol. The van der Waals surface area contributed by atoms with E-state index in [0.29, 0.717) is 18.9 Å². The molecule has 1 aromatic carbocycles. The van der Waals surface area contributed by atoms with Crippen LogP contribution in [-0.2, 0) is 11.0 Å². The molecule has 2 rings (SSSR count). The average Bonchev–Trinajstić information content (AvgIpc) is 2.86. The molecule has 1 aliphatic rings. The SMILES string of the molecule is O=C(O)C1CCCN1C(=O)c1ccc(C(F)(F)F)cc1Cl. The number of carbonyl (C=O) groups excluding carboxylic acids is 1. The lowest BCUT2D eigenvalue weighted by Gasteiger charge is -2.22. The molecule has 0 saturated carbocycles. The Morgan fingerprint density at radius 3 is 2.52 bits per heavy atom. The summed E-state index contributed by atoms with van der Waals surface area (Å²) in [5.41, 5.74) is -1.09. The summed E-state index contributed by atoms with van der Waals surface area (Å²) in [6.45, 7) is 0.243. The molecule has 1 aliphatic heterocycles. The number of likely N-dealkylation sites (tertiary alicyclic amines) is 1. The standard InChI is InChI=1S/C13H11ClF3NO3/c14-9-6-7(13(15,16)17)3-4-8(9)11(19)18-5-1-2-10(18)12(20)21/h3-4,6,10H,1-2,5H2,(H,20,21). The highest BCUT2D eigenvalue weighted by molar-refractivity contribution is 6.34. The molecule has 4 nitrogen and oxygen atoms in total. The molecule has 1 atom stereocenters. The zero-order valence-electron chi connectivity index (χ0n) is 10.7. The van der Waals surface area contributed by atoms with Gasteiger partial charge in [0, 0.05) is 6.54 Å². The van der Waals surface area contributed by atoms with Gasteiger partial charge < -0.3 is 10.0 Å². The molecule has 0 aliphatic carbocycles. The van der Waals surface area contributed by atoms with Crippen molar-refractivity contribution in [3.05, 3.63) is 34.3 Å². The Labute approximate surface area is 123 Å². The van der Waals surface area contributed by atoms with Crippen LogP contribution in [0.2, 0.25) is 5.02 Å². The molecule has 1 N–H and O–H groups in total. The number of nitrogens with zero attached hydrogens (tertiary/aromatic N) is 1. The Balaban J connectivity index is 2.30. The molecule has 0 aromatic heterocycles. The molecule has 1 aromatic rings. The number of amides is 1. The van der Waals surface area contributed by atoms with Crippen molar-refractivity contribution in [2.45, 2.75) is 25.1 Å². The molecule has 0 spiro atoms. The van der Waals surface area contributed by atoms with Crippen LogP contribution in [0.4, 0.5) is 13.2 Å². The molecule has 21 heavy (non-hydrogen) atoms. The van der Waals surface area contributed by atoms with Crippen LogP contribution >= 0.6 is 11.6 Å². The lowest BCUT2D eigenvalue weighted by atomic mass is 10.1. The molecule has 114 valence electrons. The van der Waals surface area contributed by atoms with Crippen LogP contribution < -0.4 is 0 Å². The summed E-state index contributed by atoms with van der Waals surface area (Å²) in [6, 6.07) is 1.44. The second-order valence-corrected chi connectivity index (χ2v) is 5.09. The number of hydrogen-bond donors (Lipinski definition) is 1. The van der Waals surface area contributed by atoms with Crippen molar-refractivity contribution in [1.29, 1.82) is 0 Å². The minimum absolute atomic E-state index is 0.127. The van der Waals surface area contributed by atoms with Crippen LogP contribution in [0.15, 0.2) is 18.2 Å². The number of carboxylic acid groups (broad SMARTS) is 1. The molecule has 8 heteroatoms. The Morgan fingerprint density at radius 1 is 1.33 bits per heavy atom. The third kappa shape index (κ3) is 3.12. The third-order valence-corrected chi connectivity index (χ3v) is 3.64. The maximum absolute atomic E-state index is 12.5. The van der Waals surface area contributed by atoms with Crippen LogP contribution in [0.1, 0.15) is 28.8 Å². The van der Waals surface area contributed by atoms with Crippen LogP contribution in [0, 0.1) is 0 Å². The first kappa shape index (κ1) is 15.6. The molecular weight excluding hydrogens is 311 g/mol. The Morgan fingerprint density at radius 2 is 2.00 bits per heavy atom. The highest BCUT2D eigenvalue weighted by atomic mass is 35.5. The fourth-order valence-corrected chi connectivity index (χ4v) is 2.55. The quantitative estimate of drug-likeness (QED) is 0.911. The molecule has 1 heterocycles. The van der Waals surface area contributed by atoms with Gasteiger partial charge in [-0.2, -0.15) is 13.2 Å². The first-order valence-electron chi connectivity index (χ1n) is 6.12. The second-order valence-electron chi connectivity index (χ2n) is 4.69. The van der Waals surface area contributed by atoms with Crippen LogP contribution in [0.5, 0.6) is 0 Å². The van der Waals surface area contributed by atoms with E-state index in [-0.39, 0.29) is 17.1 Å². The predicted octanol–water partition coefficient (Wildman–Crippen LogP) is 3.05. The minimum Gasteiger partial charge on any atom is -0.480 e. The largest absolute Gasteiger partial charge is 0.480 e. The van der Waals surface area contributed by atoms with E-state index < -0.39 is 29.7 Å². The van der Waals surface area contributed by atoms with Gasteiger partial charge in [0.15, 0.2) is 0 Å². The number of benzene rings is 1. The molecule has 1 amide bonds. The van der Waals surface area contributed by atoms with Crippen LogP contribution in [0.3, 0.4) is 0 Å². The molecule has 1 fully saturated rings. The Kier molecular flexibility index (Phi) is 4.13. The van der Waals surface area contributed by atoms with Crippen molar-refractivity contribution in [2.24, 2.45) is 0 Å². The van der Waals surface area contributed by atoms with E-state index in [9.17, 15) is 22.8 Å². The number of alkyl halides is 3.